The third kappa shape index (κ3) is 3.24. The Labute approximate surface area is 145 Å². The van der Waals surface area contributed by atoms with Gasteiger partial charge in [-0.2, -0.15) is 0 Å². The Morgan fingerprint density at radius 1 is 1.00 bits per heavy atom. The van der Waals surface area contributed by atoms with E-state index in [0.717, 1.165) is 19.3 Å². The monoisotopic (exact) mass is 346 g/mol. The lowest BCUT2D eigenvalue weighted by molar-refractivity contribution is -0.121. The lowest BCUT2D eigenvalue weighted by Gasteiger charge is -2.27. The number of benzene rings is 1. The second-order valence-electron chi connectivity index (χ2n) is 6.71. The summed E-state index contributed by atoms with van der Waals surface area (Å²) in [5.41, 5.74) is 6.89. The van der Waals surface area contributed by atoms with E-state index < -0.39 is 11.9 Å². The van der Waals surface area contributed by atoms with Gasteiger partial charge in [-0.25, -0.2) is 9.59 Å². The van der Waals surface area contributed by atoms with Gasteiger partial charge in [-0.1, -0.05) is 0 Å². The fourth-order valence-corrected chi connectivity index (χ4v) is 4.12. The van der Waals surface area contributed by atoms with Crippen LogP contribution < -0.4 is 11.1 Å². The van der Waals surface area contributed by atoms with Crippen LogP contribution in [0.4, 0.5) is 5.69 Å². The molecule has 2 fully saturated rings. The van der Waals surface area contributed by atoms with Gasteiger partial charge >= 0.3 is 11.9 Å². The van der Waals surface area contributed by atoms with Crippen LogP contribution in [0, 0.1) is 17.8 Å². The van der Waals surface area contributed by atoms with Gasteiger partial charge < -0.3 is 20.5 Å². The van der Waals surface area contributed by atoms with Crippen molar-refractivity contribution in [2.24, 2.45) is 23.5 Å². The summed E-state index contributed by atoms with van der Waals surface area (Å²) in [6, 6.07) is 4.20. The molecule has 1 aromatic rings. The van der Waals surface area contributed by atoms with Gasteiger partial charge in [0.2, 0.25) is 5.91 Å². The number of carbonyl (C=O) groups is 3. The maximum Gasteiger partial charge on any atom is 0.337 e. The molecular weight excluding hydrogens is 324 g/mol. The average molecular weight is 346 g/mol. The Bertz CT molecular complexity index is 681. The summed E-state index contributed by atoms with van der Waals surface area (Å²) in [7, 11) is 2.50. The number of carbonyl (C=O) groups excluding carboxylic acids is 3. The first-order valence-corrected chi connectivity index (χ1v) is 8.32. The van der Waals surface area contributed by atoms with Crippen molar-refractivity contribution in [1.82, 2.24) is 0 Å². The molecule has 1 aromatic carbocycles. The summed E-state index contributed by atoms with van der Waals surface area (Å²) in [4.78, 5) is 36.3. The first kappa shape index (κ1) is 17.4. The van der Waals surface area contributed by atoms with Crippen molar-refractivity contribution < 1.29 is 23.9 Å². The van der Waals surface area contributed by atoms with E-state index in [2.05, 4.69) is 5.32 Å². The molecule has 2 aliphatic rings. The van der Waals surface area contributed by atoms with Gasteiger partial charge in [0.1, 0.15) is 0 Å². The summed E-state index contributed by atoms with van der Waals surface area (Å²) in [5, 5.41) is 2.80. The quantitative estimate of drug-likeness (QED) is 0.801. The fraction of sp³-hybridized carbons (Fsp3) is 0.500. The minimum Gasteiger partial charge on any atom is -0.465 e. The maximum atomic E-state index is 12.7. The van der Waals surface area contributed by atoms with Gasteiger partial charge in [0, 0.05) is 11.7 Å². The number of hydrogen-bond donors (Lipinski definition) is 2. The van der Waals surface area contributed by atoms with Crippen molar-refractivity contribution in [3.63, 3.8) is 0 Å². The topological polar surface area (TPSA) is 108 Å². The second kappa shape index (κ2) is 6.84. The Hall–Kier alpha value is -2.41. The SMILES string of the molecule is COC(=O)c1cc(NC(=O)C2C3CCC(C3)C2N)cc(C(=O)OC)c1. The van der Waals surface area contributed by atoms with Gasteiger partial charge in [0.15, 0.2) is 0 Å². The molecule has 25 heavy (non-hydrogen) atoms. The van der Waals surface area contributed by atoms with E-state index in [0.29, 0.717) is 17.5 Å². The van der Waals surface area contributed by atoms with E-state index in [9.17, 15) is 14.4 Å². The van der Waals surface area contributed by atoms with Crippen LogP contribution in [0.5, 0.6) is 0 Å². The lowest BCUT2D eigenvalue weighted by atomic mass is 9.84. The van der Waals surface area contributed by atoms with Crippen molar-refractivity contribution in [2.45, 2.75) is 25.3 Å². The molecule has 0 heterocycles. The van der Waals surface area contributed by atoms with E-state index in [1.807, 2.05) is 0 Å². The predicted molar refractivity (Wildman–Crippen MR) is 90.0 cm³/mol. The van der Waals surface area contributed by atoms with Crippen LogP contribution in [-0.2, 0) is 14.3 Å². The van der Waals surface area contributed by atoms with E-state index in [1.54, 1.807) is 0 Å². The summed E-state index contributed by atoms with van der Waals surface area (Å²) >= 11 is 0. The molecule has 7 nitrogen and oxygen atoms in total. The minimum absolute atomic E-state index is 0.136. The number of amides is 1. The number of nitrogens with two attached hydrogens (primary N) is 1. The van der Waals surface area contributed by atoms with Gasteiger partial charge in [-0.05, 0) is 49.3 Å². The van der Waals surface area contributed by atoms with E-state index in [4.69, 9.17) is 15.2 Å². The smallest absolute Gasteiger partial charge is 0.337 e. The van der Waals surface area contributed by atoms with Gasteiger partial charge in [-0.3, -0.25) is 4.79 Å². The highest BCUT2D eigenvalue weighted by Crippen LogP contribution is 2.47. The lowest BCUT2D eigenvalue weighted by Crippen LogP contribution is -2.42. The Morgan fingerprint density at radius 2 is 1.56 bits per heavy atom. The summed E-state index contributed by atoms with van der Waals surface area (Å²) in [5.74, 6) is -0.882. The van der Waals surface area contributed by atoms with Crippen LogP contribution in [0.3, 0.4) is 0 Å². The van der Waals surface area contributed by atoms with Gasteiger partial charge in [-0.15, -0.1) is 0 Å². The number of hydrogen-bond acceptors (Lipinski definition) is 6. The number of fused-ring (bicyclic) bond motifs is 2. The number of anilines is 1. The summed E-state index contributed by atoms with van der Waals surface area (Å²) in [6.45, 7) is 0. The summed E-state index contributed by atoms with van der Waals surface area (Å²) < 4.78 is 9.40. The highest BCUT2D eigenvalue weighted by atomic mass is 16.5. The maximum absolute atomic E-state index is 12.7. The first-order chi connectivity index (χ1) is 11.9. The van der Waals surface area contributed by atoms with E-state index in [1.165, 1.54) is 32.4 Å². The Kier molecular flexibility index (Phi) is 4.76. The van der Waals surface area contributed by atoms with Crippen molar-refractivity contribution in [3.05, 3.63) is 29.3 Å². The first-order valence-electron chi connectivity index (χ1n) is 8.32. The molecule has 7 heteroatoms. The molecule has 0 aliphatic heterocycles. The standard InChI is InChI=1S/C18H22N2O5/c1-24-17(22)11-6-12(18(23)25-2)8-13(7-11)20-16(21)14-9-3-4-10(5-9)15(14)19/h6-10,14-15H,3-5,19H2,1-2H3,(H,20,21). The van der Waals surface area contributed by atoms with Crippen LogP contribution >= 0.6 is 0 Å². The third-order valence-corrected chi connectivity index (χ3v) is 5.33. The van der Waals surface area contributed by atoms with Gasteiger partial charge in [0.05, 0.1) is 31.3 Å². The minimum atomic E-state index is -0.599. The molecule has 4 unspecified atom stereocenters. The van der Waals surface area contributed by atoms with E-state index in [-0.39, 0.29) is 29.0 Å². The molecule has 2 saturated carbocycles. The van der Waals surface area contributed by atoms with Crippen LogP contribution in [0.1, 0.15) is 40.0 Å². The van der Waals surface area contributed by atoms with Crippen LogP contribution in [0.25, 0.3) is 0 Å². The zero-order chi connectivity index (χ0) is 18.1. The van der Waals surface area contributed by atoms with Crippen LogP contribution in [-0.4, -0.2) is 38.1 Å². The number of methoxy groups -OCH3 is 2. The van der Waals surface area contributed by atoms with Crippen molar-refractivity contribution >= 4 is 23.5 Å². The molecular formula is C18H22N2O5. The summed E-state index contributed by atoms with van der Waals surface area (Å²) in [6.07, 6.45) is 3.10. The van der Waals surface area contributed by atoms with Gasteiger partial charge in [0.25, 0.3) is 0 Å². The molecule has 134 valence electrons. The number of rotatable bonds is 4. The van der Waals surface area contributed by atoms with Crippen molar-refractivity contribution in [1.29, 1.82) is 0 Å². The largest absolute Gasteiger partial charge is 0.465 e. The number of ether oxygens (including phenoxy) is 2. The number of esters is 2. The fourth-order valence-electron chi connectivity index (χ4n) is 4.12. The zero-order valence-electron chi connectivity index (χ0n) is 14.3. The molecule has 2 bridgehead atoms. The average Bonchev–Trinajstić information content (AvgIpc) is 3.20. The normalized spacial score (nSPS) is 27.0. The molecule has 3 rings (SSSR count). The molecule has 0 radical (unpaired) electrons. The Balaban J connectivity index is 1.84. The van der Waals surface area contributed by atoms with Crippen LogP contribution in [0.2, 0.25) is 0 Å². The Morgan fingerprint density at radius 3 is 2.04 bits per heavy atom. The highest BCUT2D eigenvalue weighted by Gasteiger charge is 2.49. The molecule has 2 aliphatic carbocycles. The number of nitrogens with one attached hydrogen (secondary N) is 1. The van der Waals surface area contributed by atoms with Crippen molar-refractivity contribution in [3.8, 4) is 0 Å². The highest BCUT2D eigenvalue weighted by molar-refractivity contribution is 6.00. The third-order valence-electron chi connectivity index (χ3n) is 5.33. The zero-order valence-corrected chi connectivity index (χ0v) is 14.3. The predicted octanol–water partition coefficient (Wildman–Crippen LogP) is 1.57. The van der Waals surface area contributed by atoms with Crippen molar-refractivity contribution in [2.75, 3.05) is 19.5 Å². The molecule has 0 saturated heterocycles. The van der Waals surface area contributed by atoms with Crippen LogP contribution in [0.15, 0.2) is 18.2 Å². The second-order valence-corrected chi connectivity index (χ2v) is 6.71. The molecule has 3 N–H and O–H groups in total. The molecule has 0 spiro atoms. The molecule has 0 aromatic heterocycles. The van der Waals surface area contributed by atoms with E-state index >= 15 is 0 Å². The molecule has 1 amide bonds. The molecule has 4 atom stereocenters.